The van der Waals surface area contributed by atoms with Crippen molar-refractivity contribution in [1.29, 1.82) is 0 Å². The molecule has 0 bridgehead atoms. The highest BCUT2D eigenvalue weighted by Gasteiger charge is 2.24. The van der Waals surface area contributed by atoms with Crippen molar-refractivity contribution in [3.05, 3.63) is 29.8 Å². The molecule has 0 saturated heterocycles. The Morgan fingerprint density at radius 2 is 1.85 bits per heavy atom. The average molecular weight is 281 g/mol. The van der Waals surface area contributed by atoms with Gasteiger partial charge in [-0.25, -0.2) is 0 Å². The van der Waals surface area contributed by atoms with E-state index in [-0.39, 0.29) is 11.6 Å². The van der Waals surface area contributed by atoms with Crippen molar-refractivity contribution in [2.24, 2.45) is 0 Å². The van der Waals surface area contributed by atoms with Gasteiger partial charge in [-0.15, -0.1) is 0 Å². The van der Waals surface area contributed by atoms with Gasteiger partial charge in [0.2, 0.25) is 0 Å². The summed E-state index contributed by atoms with van der Waals surface area (Å²) in [5.74, 6) is 0.899. The summed E-state index contributed by atoms with van der Waals surface area (Å²) in [6.45, 7) is 5.32. The van der Waals surface area contributed by atoms with Gasteiger partial charge in [-0.1, -0.05) is 18.2 Å². The highest BCUT2D eigenvalue weighted by Crippen LogP contribution is 2.31. The second-order valence-corrected chi connectivity index (χ2v) is 5.39. The normalized spacial score (nSPS) is 13.2. The second kappa shape index (κ2) is 8.25. The lowest BCUT2D eigenvalue weighted by Gasteiger charge is -2.29. The number of hydrogen-bond donors (Lipinski definition) is 1. The Hall–Kier alpha value is -1.10. The van der Waals surface area contributed by atoms with Gasteiger partial charge in [-0.05, 0) is 33.4 Å². The molecule has 0 aliphatic heterocycles. The molecule has 0 saturated carbocycles. The molecule has 20 heavy (non-hydrogen) atoms. The van der Waals surface area contributed by atoms with Crippen molar-refractivity contribution in [1.82, 2.24) is 5.32 Å². The van der Waals surface area contributed by atoms with Gasteiger partial charge in [0.15, 0.2) is 0 Å². The van der Waals surface area contributed by atoms with E-state index in [9.17, 15) is 0 Å². The van der Waals surface area contributed by atoms with Gasteiger partial charge in [0.25, 0.3) is 0 Å². The Morgan fingerprint density at radius 3 is 2.45 bits per heavy atom. The predicted octanol–water partition coefficient (Wildman–Crippen LogP) is 2.79. The Morgan fingerprint density at radius 1 is 1.15 bits per heavy atom. The van der Waals surface area contributed by atoms with E-state index in [4.69, 9.17) is 14.2 Å². The minimum absolute atomic E-state index is 0.184. The summed E-state index contributed by atoms with van der Waals surface area (Å²) >= 11 is 0. The summed E-state index contributed by atoms with van der Waals surface area (Å²) in [7, 11) is 5.38. The van der Waals surface area contributed by atoms with Crippen molar-refractivity contribution in [3.8, 4) is 5.75 Å². The van der Waals surface area contributed by atoms with Gasteiger partial charge < -0.3 is 19.5 Å². The van der Waals surface area contributed by atoms with E-state index < -0.39 is 0 Å². The van der Waals surface area contributed by atoms with Gasteiger partial charge in [0, 0.05) is 25.8 Å². The van der Waals surface area contributed by atoms with Crippen LogP contribution in [0.3, 0.4) is 0 Å². The zero-order valence-corrected chi connectivity index (χ0v) is 13.2. The fraction of sp³-hybridized carbons (Fsp3) is 0.625. The summed E-state index contributed by atoms with van der Waals surface area (Å²) in [5.41, 5.74) is 0.962. The molecule has 1 rings (SSSR count). The monoisotopic (exact) mass is 281 g/mol. The van der Waals surface area contributed by atoms with Crippen LogP contribution in [0.5, 0.6) is 5.75 Å². The maximum Gasteiger partial charge on any atom is 0.124 e. The highest BCUT2D eigenvalue weighted by molar-refractivity contribution is 5.36. The molecule has 0 radical (unpaired) electrons. The molecule has 1 aromatic rings. The number of para-hydroxylation sites is 1. The molecule has 1 N–H and O–H groups in total. The minimum atomic E-state index is -0.187. The summed E-state index contributed by atoms with van der Waals surface area (Å²) in [6, 6.07) is 8.29. The van der Waals surface area contributed by atoms with Gasteiger partial charge >= 0.3 is 0 Å². The van der Waals surface area contributed by atoms with E-state index in [1.54, 1.807) is 14.2 Å². The van der Waals surface area contributed by atoms with Gasteiger partial charge in [0.1, 0.15) is 12.4 Å². The number of ether oxygens (including phenoxy) is 3. The van der Waals surface area contributed by atoms with Crippen LogP contribution in [0.2, 0.25) is 0 Å². The molecular weight excluding hydrogens is 254 g/mol. The number of hydrogen-bond acceptors (Lipinski definition) is 4. The van der Waals surface area contributed by atoms with Crippen LogP contribution in [0.25, 0.3) is 0 Å². The fourth-order valence-electron chi connectivity index (χ4n) is 2.08. The van der Waals surface area contributed by atoms with Crippen LogP contribution in [-0.4, -0.2) is 40.1 Å². The molecule has 1 unspecified atom stereocenters. The topological polar surface area (TPSA) is 39.7 Å². The van der Waals surface area contributed by atoms with E-state index in [1.165, 1.54) is 0 Å². The Balaban J connectivity index is 2.85. The van der Waals surface area contributed by atoms with E-state index in [0.29, 0.717) is 13.2 Å². The predicted molar refractivity (Wildman–Crippen MR) is 81.3 cm³/mol. The summed E-state index contributed by atoms with van der Waals surface area (Å²) in [6.07, 6.45) is 0.866. The van der Waals surface area contributed by atoms with Crippen molar-refractivity contribution < 1.29 is 14.2 Å². The molecule has 0 aliphatic rings. The standard InChI is InChI=1S/C16H27NO3/c1-16(2,19-5)12-14(17-3)13-8-6-7-9-15(13)20-11-10-18-4/h6-9,14,17H,10-12H2,1-5H3. The maximum absolute atomic E-state index is 5.80. The average Bonchev–Trinajstić information content (AvgIpc) is 2.46. The lowest BCUT2D eigenvalue weighted by molar-refractivity contribution is 0.00720. The van der Waals surface area contributed by atoms with Crippen LogP contribution in [-0.2, 0) is 9.47 Å². The molecule has 1 atom stereocenters. The number of nitrogens with one attached hydrogen (secondary N) is 1. The first-order valence-corrected chi connectivity index (χ1v) is 6.97. The van der Waals surface area contributed by atoms with Crippen molar-refractivity contribution in [2.75, 3.05) is 34.5 Å². The van der Waals surface area contributed by atoms with Crippen LogP contribution >= 0.6 is 0 Å². The fourth-order valence-corrected chi connectivity index (χ4v) is 2.08. The summed E-state index contributed by atoms with van der Waals surface area (Å²) < 4.78 is 16.4. The molecular formula is C16H27NO3. The molecule has 0 heterocycles. The summed E-state index contributed by atoms with van der Waals surface area (Å²) in [5, 5.41) is 3.35. The molecule has 4 nitrogen and oxygen atoms in total. The van der Waals surface area contributed by atoms with Crippen molar-refractivity contribution >= 4 is 0 Å². The van der Waals surface area contributed by atoms with Crippen LogP contribution in [0.15, 0.2) is 24.3 Å². The Bertz CT molecular complexity index is 393. The first-order valence-electron chi connectivity index (χ1n) is 6.97. The van der Waals surface area contributed by atoms with E-state index in [0.717, 1.165) is 17.7 Å². The zero-order chi connectivity index (χ0) is 15.0. The van der Waals surface area contributed by atoms with Gasteiger partial charge in [-0.2, -0.15) is 0 Å². The first kappa shape index (κ1) is 17.0. The smallest absolute Gasteiger partial charge is 0.124 e. The van der Waals surface area contributed by atoms with Crippen LogP contribution < -0.4 is 10.1 Å². The summed E-state index contributed by atoms with van der Waals surface area (Å²) in [4.78, 5) is 0. The van der Waals surface area contributed by atoms with Crippen LogP contribution in [0.1, 0.15) is 31.9 Å². The largest absolute Gasteiger partial charge is 0.491 e. The SMILES string of the molecule is CNC(CC(C)(C)OC)c1ccccc1OCCOC. The first-order chi connectivity index (χ1) is 9.54. The molecule has 1 aromatic carbocycles. The van der Waals surface area contributed by atoms with E-state index in [2.05, 4.69) is 25.2 Å². The zero-order valence-electron chi connectivity index (χ0n) is 13.2. The number of methoxy groups -OCH3 is 2. The molecule has 0 aliphatic carbocycles. The molecule has 114 valence electrons. The van der Waals surface area contributed by atoms with Crippen LogP contribution in [0, 0.1) is 0 Å². The molecule has 0 spiro atoms. The highest BCUT2D eigenvalue weighted by atomic mass is 16.5. The maximum atomic E-state index is 5.80. The van der Waals surface area contributed by atoms with Gasteiger partial charge in [0.05, 0.1) is 12.2 Å². The third-order valence-corrected chi connectivity index (χ3v) is 3.44. The number of rotatable bonds is 9. The van der Waals surface area contributed by atoms with Crippen LogP contribution in [0.4, 0.5) is 0 Å². The third-order valence-electron chi connectivity index (χ3n) is 3.44. The van der Waals surface area contributed by atoms with E-state index >= 15 is 0 Å². The Kier molecular flexibility index (Phi) is 6.99. The van der Waals surface area contributed by atoms with Crippen molar-refractivity contribution in [2.45, 2.75) is 31.9 Å². The lowest BCUT2D eigenvalue weighted by Crippen LogP contribution is -2.30. The van der Waals surface area contributed by atoms with Gasteiger partial charge in [-0.3, -0.25) is 0 Å². The minimum Gasteiger partial charge on any atom is -0.491 e. The number of benzene rings is 1. The lowest BCUT2D eigenvalue weighted by atomic mass is 9.93. The Labute approximate surface area is 122 Å². The molecule has 4 heteroatoms. The quantitative estimate of drug-likeness (QED) is 0.707. The second-order valence-electron chi connectivity index (χ2n) is 5.39. The van der Waals surface area contributed by atoms with E-state index in [1.807, 2.05) is 25.2 Å². The van der Waals surface area contributed by atoms with Crippen molar-refractivity contribution in [3.63, 3.8) is 0 Å². The molecule has 0 aromatic heterocycles. The third kappa shape index (κ3) is 5.12. The molecule has 0 fully saturated rings. The molecule has 0 amide bonds.